The number of carbonyl (C=O) groups is 2. The number of aliphatic carboxylic acids is 1. The molecule has 0 unspecified atom stereocenters. The highest BCUT2D eigenvalue weighted by atomic mass is 32.1. The Hall–Kier alpha value is -1.43. The Labute approximate surface area is 91.1 Å². The molecular formula is C9H12N2O3S. The summed E-state index contributed by atoms with van der Waals surface area (Å²) < 4.78 is 0. The Kier molecular flexibility index (Phi) is 4.23. The number of aromatic nitrogens is 1. The number of carbonyl (C=O) groups excluding carboxylic acids is 1. The van der Waals surface area contributed by atoms with Crippen molar-refractivity contribution < 1.29 is 14.7 Å². The van der Waals surface area contributed by atoms with Gasteiger partial charge in [-0.05, 0) is 6.42 Å². The van der Waals surface area contributed by atoms with E-state index >= 15 is 0 Å². The van der Waals surface area contributed by atoms with Gasteiger partial charge in [0.1, 0.15) is 10.9 Å². The zero-order valence-corrected chi connectivity index (χ0v) is 9.08. The van der Waals surface area contributed by atoms with Crippen LogP contribution in [0.4, 0.5) is 0 Å². The fraction of sp³-hybridized carbons (Fsp3) is 0.444. The van der Waals surface area contributed by atoms with E-state index in [0.29, 0.717) is 17.7 Å². The number of hydrogen-bond acceptors (Lipinski definition) is 4. The Balaban J connectivity index is 2.59. The zero-order valence-electron chi connectivity index (χ0n) is 8.27. The van der Waals surface area contributed by atoms with Crippen LogP contribution in [0, 0.1) is 0 Å². The molecule has 0 fully saturated rings. The van der Waals surface area contributed by atoms with Gasteiger partial charge in [-0.15, -0.1) is 11.3 Å². The van der Waals surface area contributed by atoms with E-state index in [9.17, 15) is 9.59 Å². The lowest BCUT2D eigenvalue weighted by Crippen LogP contribution is -2.40. The molecule has 1 atom stereocenters. The van der Waals surface area contributed by atoms with Gasteiger partial charge in [-0.2, -0.15) is 0 Å². The van der Waals surface area contributed by atoms with E-state index in [0.717, 1.165) is 0 Å². The standard InChI is InChI=1S/C9H12N2O3S/c1-2-3-6(9(13)14)11-8(12)7-4-10-5-15-7/h4-6H,2-3H2,1H3,(H,11,12)(H,13,14)/t6-/m0/s1. The summed E-state index contributed by atoms with van der Waals surface area (Å²) >= 11 is 1.19. The van der Waals surface area contributed by atoms with Gasteiger partial charge in [-0.25, -0.2) is 4.79 Å². The van der Waals surface area contributed by atoms with Crippen LogP contribution in [-0.4, -0.2) is 28.0 Å². The van der Waals surface area contributed by atoms with Crippen LogP contribution in [0.5, 0.6) is 0 Å². The normalized spacial score (nSPS) is 12.1. The second-order valence-electron chi connectivity index (χ2n) is 3.02. The van der Waals surface area contributed by atoms with Gasteiger partial charge in [0, 0.05) is 0 Å². The number of rotatable bonds is 5. The monoisotopic (exact) mass is 228 g/mol. The van der Waals surface area contributed by atoms with E-state index in [4.69, 9.17) is 5.11 Å². The predicted octanol–water partition coefficient (Wildman–Crippen LogP) is 1.13. The Bertz CT molecular complexity index is 337. The molecule has 0 aliphatic rings. The van der Waals surface area contributed by atoms with E-state index in [-0.39, 0.29) is 5.91 Å². The van der Waals surface area contributed by atoms with Gasteiger partial charge in [-0.1, -0.05) is 13.3 Å². The maximum Gasteiger partial charge on any atom is 0.326 e. The smallest absolute Gasteiger partial charge is 0.326 e. The lowest BCUT2D eigenvalue weighted by molar-refractivity contribution is -0.139. The van der Waals surface area contributed by atoms with Gasteiger partial charge in [-0.3, -0.25) is 9.78 Å². The molecule has 5 nitrogen and oxygen atoms in total. The van der Waals surface area contributed by atoms with Gasteiger partial charge < -0.3 is 10.4 Å². The van der Waals surface area contributed by atoms with Crippen molar-refractivity contribution in [2.24, 2.45) is 0 Å². The lowest BCUT2D eigenvalue weighted by Gasteiger charge is -2.12. The Morgan fingerprint density at radius 3 is 2.87 bits per heavy atom. The van der Waals surface area contributed by atoms with Crippen LogP contribution in [-0.2, 0) is 4.79 Å². The van der Waals surface area contributed by atoms with Crippen molar-refractivity contribution in [1.29, 1.82) is 0 Å². The molecule has 0 aliphatic heterocycles. The SMILES string of the molecule is CCC[C@H](NC(=O)c1cncs1)C(=O)O. The maximum absolute atomic E-state index is 11.5. The van der Waals surface area contributed by atoms with Crippen LogP contribution in [0.2, 0.25) is 0 Å². The molecule has 0 bridgehead atoms. The van der Waals surface area contributed by atoms with Crippen LogP contribution in [0.15, 0.2) is 11.7 Å². The van der Waals surface area contributed by atoms with Crippen molar-refractivity contribution in [1.82, 2.24) is 10.3 Å². The predicted molar refractivity (Wildman–Crippen MR) is 55.9 cm³/mol. The second kappa shape index (κ2) is 5.45. The quantitative estimate of drug-likeness (QED) is 0.791. The number of amides is 1. The molecule has 1 rings (SSSR count). The molecule has 0 spiro atoms. The molecule has 0 aromatic carbocycles. The Morgan fingerprint density at radius 1 is 1.67 bits per heavy atom. The third kappa shape index (κ3) is 3.32. The number of hydrogen-bond donors (Lipinski definition) is 2. The van der Waals surface area contributed by atoms with Crippen LogP contribution >= 0.6 is 11.3 Å². The molecule has 15 heavy (non-hydrogen) atoms. The van der Waals surface area contributed by atoms with Gasteiger partial charge in [0.25, 0.3) is 5.91 Å². The topological polar surface area (TPSA) is 79.3 Å². The first-order chi connectivity index (χ1) is 7.15. The summed E-state index contributed by atoms with van der Waals surface area (Å²) in [6, 6.07) is -0.815. The zero-order chi connectivity index (χ0) is 11.3. The molecule has 1 aromatic rings. The summed E-state index contributed by atoms with van der Waals surface area (Å²) in [7, 11) is 0. The van der Waals surface area contributed by atoms with E-state index in [1.807, 2.05) is 6.92 Å². The van der Waals surface area contributed by atoms with Crippen molar-refractivity contribution in [3.05, 3.63) is 16.6 Å². The summed E-state index contributed by atoms with van der Waals surface area (Å²) in [5.41, 5.74) is 1.53. The Morgan fingerprint density at radius 2 is 2.40 bits per heavy atom. The average Bonchev–Trinajstić information content (AvgIpc) is 2.69. The van der Waals surface area contributed by atoms with Crippen molar-refractivity contribution >= 4 is 23.2 Å². The van der Waals surface area contributed by atoms with Gasteiger partial charge in [0.05, 0.1) is 11.7 Å². The van der Waals surface area contributed by atoms with E-state index in [1.165, 1.54) is 23.0 Å². The van der Waals surface area contributed by atoms with Crippen LogP contribution in [0.1, 0.15) is 29.4 Å². The number of thiazole rings is 1. The van der Waals surface area contributed by atoms with Crippen molar-refractivity contribution in [2.45, 2.75) is 25.8 Å². The summed E-state index contributed by atoms with van der Waals surface area (Å²) in [4.78, 5) is 26.4. The average molecular weight is 228 g/mol. The van der Waals surface area contributed by atoms with Crippen molar-refractivity contribution in [3.63, 3.8) is 0 Å². The van der Waals surface area contributed by atoms with E-state index in [2.05, 4.69) is 10.3 Å². The first-order valence-corrected chi connectivity index (χ1v) is 5.45. The highest BCUT2D eigenvalue weighted by molar-refractivity contribution is 7.11. The van der Waals surface area contributed by atoms with Gasteiger partial charge in [0.15, 0.2) is 0 Å². The molecule has 0 saturated carbocycles. The highest BCUT2D eigenvalue weighted by Crippen LogP contribution is 2.06. The minimum absolute atomic E-state index is 0.377. The largest absolute Gasteiger partial charge is 0.480 e. The molecule has 1 aromatic heterocycles. The number of nitrogens with zero attached hydrogens (tertiary/aromatic N) is 1. The minimum atomic E-state index is -1.00. The molecule has 6 heteroatoms. The fourth-order valence-electron chi connectivity index (χ4n) is 1.10. The van der Waals surface area contributed by atoms with Crippen molar-refractivity contribution in [3.8, 4) is 0 Å². The molecule has 82 valence electrons. The van der Waals surface area contributed by atoms with Gasteiger partial charge in [0.2, 0.25) is 0 Å². The third-order valence-electron chi connectivity index (χ3n) is 1.84. The minimum Gasteiger partial charge on any atom is -0.480 e. The van der Waals surface area contributed by atoms with Gasteiger partial charge >= 0.3 is 5.97 Å². The first kappa shape index (κ1) is 11.6. The van der Waals surface area contributed by atoms with Crippen molar-refractivity contribution in [2.75, 3.05) is 0 Å². The molecule has 0 saturated heterocycles. The molecule has 0 radical (unpaired) electrons. The first-order valence-electron chi connectivity index (χ1n) is 4.57. The molecule has 2 N–H and O–H groups in total. The number of carboxylic acid groups (broad SMARTS) is 1. The summed E-state index contributed by atoms with van der Waals surface area (Å²) in [6.45, 7) is 1.87. The van der Waals surface area contributed by atoms with Crippen LogP contribution < -0.4 is 5.32 Å². The second-order valence-corrected chi connectivity index (χ2v) is 3.90. The highest BCUT2D eigenvalue weighted by Gasteiger charge is 2.19. The molecule has 0 aliphatic carbocycles. The van der Waals surface area contributed by atoms with Crippen LogP contribution in [0.25, 0.3) is 0 Å². The molecule has 1 amide bonds. The fourth-order valence-corrected chi connectivity index (χ4v) is 1.63. The van der Waals surface area contributed by atoms with E-state index in [1.54, 1.807) is 0 Å². The maximum atomic E-state index is 11.5. The van der Waals surface area contributed by atoms with Crippen LogP contribution in [0.3, 0.4) is 0 Å². The summed E-state index contributed by atoms with van der Waals surface area (Å²) in [6.07, 6.45) is 2.56. The van der Waals surface area contributed by atoms with E-state index < -0.39 is 12.0 Å². The third-order valence-corrected chi connectivity index (χ3v) is 2.61. The molecular weight excluding hydrogens is 216 g/mol. The lowest BCUT2D eigenvalue weighted by atomic mass is 10.1. The summed E-state index contributed by atoms with van der Waals surface area (Å²) in [5, 5.41) is 11.3. The molecule has 1 heterocycles. The number of carboxylic acids is 1. The number of nitrogens with one attached hydrogen (secondary N) is 1. The summed E-state index contributed by atoms with van der Waals surface area (Å²) in [5.74, 6) is -1.38.